The molecule has 22 heavy (non-hydrogen) atoms. The number of oxazole rings is 1. The fourth-order valence-electron chi connectivity index (χ4n) is 2.13. The lowest BCUT2D eigenvalue weighted by Crippen LogP contribution is -2.13. The molecule has 0 bridgehead atoms. The number of amides is 1. The first-order valence-corrected chi connectivity index (χ1v) is 6.88. The molecular formula is C17H15N3O2. The molecule has 1 N–H and O–H groups in total. The zero-order valence-electron chi connectivity index (χ0n) is 12.3. The summed E-state index contributed by atoms with van der Waals surface area (Å²) in [6.07, 6.45) is 2.93. The number of nitrogens with zero attached hydrogens (tertiary/aromatic N) is 2. The Morgan fingerprint density at radius 2 is 1.86 bits per heavy atom. The summed E-state index contributed by atoms with van der Waals surface area (Å²) < 4.78 is 5.39. The third-order valence-electron chi connectivity index (χ3n) is 3.25. The molecule has 1 amide bonds. The summed E-state index contributed by atoms with van der Waals surface area (Å²) in [6, 6.07) is 11.3. The van der Waals surface area contributed by atoms with Crippen molar-refractivity contribution >= 4 is 11.6 Å². The quantitative estimate of drug-likeness (QED) is 0.801. The van der Waals surface area contributed by atoms with E-state index in [0.29, 0.717) is 11.4 Å². The lowest BCUT2D eigenvalue weighted by Gasteiger charge is -2.05. The van der Waals surface area contributed by atoms with Crippen molar-refractivity contribution in [1.29, 1.82) is 0 Å². The second-order valence-electron chi connectivity index (χ2n) is 5.04. The molecule has 5 heteroatoms. The van der Waals surface area contributed by atoms with Crippen molar-refractivity contribution in [3.8, 4) is 11.3 Å². The first-order chi connectivity index (χ1) is 10.6. The maximum atomic E-state index is 12.4. The number of pyridine rings is 1. The molecular weight excluding hydrogens is 278 g/mol. The summed E-state index contributed by atoms with van der Waals surface area (Å²) in [6.45, 7) is 3.87. The molecule has 2 aromatic heterocycles. The first-order valence-electron chi connectivity index (χ1n) is 6.88. The number of hydrogen-bond acceptors (Lipinski definition) is 4. The van der Waals surface area contributed by atoms with Crippen LogP contribution in [-0.2, 0) is 0 Å². The molecule has 0 aliphatic rings. The van der Waals surface area contributed by atoms with Crippen LogP contribution in [-0.4, -0.2) is 15.9 Å². The molecule has 0 atom stereocenters. The molecule has 3 aromatic rings. The Morgan fingerprint density at radius 1 is 1.09 bits per heavy atom. The first kappa shape index (κ1) is 14.0. The summed E-state index contributed by atoms with van der Waals surface area (Å²) >= 11 is 0. The van der Waals surface area contributed by atoms with Crippen LogP contribution < -0.4 is 5.32 Å². The highest BCUT2D eigenvalue weighted by Gasteiger charge is 2.18. The number of hydrogen-bond donors (Lipinski definition) is 1. The highest BCUT2D eigenvalue weighted by molar-refractivity contribution is 6.06. The van der Waals surface area contributed by atoms with E-state index in [0.717, 1.165) is 16.8 Å². The molecule has 0 aliphatic heterocycles. The van der Waals surface area contributed by atoms with E-state index in [1.54, 1.807) is 18.3 Å². The van der Waals surface area contributed by atoms with Gasteiger partial charge in [0, 0.05) is 23.1 Å². The van der Waals surface area contributed by atoms with Crippen molar-refractivity contribution in [3.05, 3.63) is 65.9 Å². The van der Waals surface area contributed by atoms with Crippen LogP contribution >= 0.6 is 0 Å². The summed E-state index contributed by atoms with van der Waals surface area (Å²) in [5.74, 6) is 0.151. The summed E-state index contributed by atoms with van der Waals surface area (Å²) in [4.78, 5) is 20.5. The molecule has 110 valence electrons. The monoisotopic (exact) mass is 293 g/mol. The maximum absolute atomic E-state index is 12.4. The van der Waals surface area contributed by atoms with Gasteiger partial charge in [-0.15, -0.1) is 0 Å². The van der Waals surface area contributed by atoms with Gasteiger partial charge in [-0.3, -0.25) is 9.78 Å². The van der Waals surface area contributed by atoms with Crippen molar-refractivity contribution in [3.63, 3.8) is 0 Å². The summed E-state index contributed by atoms with van der Waals surface area (Å²) in [7, 11) is 0. The number of carbonyl (C=O) groups excluding carboxylic acids is 1. The number of rotatable bonds is 3. The van der Waals surface area contributed by atoms with E-state index < -0.39 is 0 Å². The van der Waals surface area contributed by atoms with E-state index in [4.69, 9.17) is 4.42 Å². The Bertz CT molecular complexity index is 807. The fourth-order valence-corrected chi connectivity index (χ4v) is 2.13. The molecule has 1 aromatic carbocycles. The normalized spacial score (nSPS) is 10.5. The van der Waals surface area contributed by atoms with Crippen LogP contribution in [0.1, 0.15) is 21.7 Å². The average Bonchev–Trinajstić information content (AvgIpc) is 2.97. The largest absolute Gasteiger partial charge is 0.443 e. The van der Waals surface area contributed by atoms with Crippen LogP contribution in [0.25, 0.3) is 11.3 Å². The zero-order chi connectivity index (χ0) is 15.5. The minimum Gasteiger partial charge on any atom is -0.443 e. The van der Waals surface area contributed by atoms with Gasteiger partial charge in [0.25, 0.3) is 5.91 Å². The van der Waals surface area contributed by atoms with Crippen LogP contribution in [0.15, 0.2) is 53.4 Å². The molecule has 0 radical (unpaired) electrons. The van der Waals surface area contributed by atoms with Crippen molar-refractivity contribution in [1.82, 2.24) is 9.97 Å². The second kappa shape index (κ2) is 5.81. The Balaban J connectivity index is 1.88. The van der Waals surface area contributed by atoms with Crippen LogP contribution in [0.3, 0.4) is 0 Å². The Hall–Kier alpha value is -2.95. The van der Waals surface area contributed by atoms with E-state index in [1.807, 2.05) is 38.1 Å². The molecule has 0 spiro atoms. The minimum absolute atomic E-state index is 0.262. The Labute approximate surface area is 128 Å². The summed E-state index contributed by atoms with van der Waals surface area (Å²) in [5, 5.41) is 2.81. The molecule has 5 nitrogen and oxygen atoms in total. The number of carbonyl (C=O) groups is 1. The van der Waals surface area contributed by atoms with Crippen LogP contribution in [0.5, 0.6) is 0 Å². The molecule has 0 fully saturated rings. The predicted molar refractivity (Wildman–Crippen MR) is 83.6 cm³/mol. The van der Waals surface area contributed by atoms with Crippen LogP contribution in [0.2, 0.25) is 0 Å². The Morgan fingerprint density at radius 3 is 2.59 bits per heavy atom. The van der Waals surface area contributed by atoms with Gasteiger partial charge in [0.15, 0.2) is 17.8 Å². The molecule has 0 saturated carbocycles. The molecule has 0 saturated heterocycles. The highest BCUT2D eigenvalue weighted by Crippen LogP contribution is 2.24. The number of anilines is 1. The smallest absolute Gasteiger partial charge is 0.278 e. The zero-order valence-corrected chi connectivity index (χ0v) is 12.3. The van der Waals surface area contributed by atoms with Gasteiger partial charge in [0.1, 0.15) is 0 Å². The van der Waals surface area contributed by atoms with E-state index in [-0.39, 0.29) is 11.6 Å². The molecule has 2 heterocycles. The van der Waals surface area contributed by atoms with Gasteiger partial charge in [-0.05, 0) is 26.0 Å². The number of nitrogens with one attached hydrogen (secondary N) is 1. The highest BCUT2D eigenvalue weighted by atomic mass is 16.3. The second-order valence-corrected chi connectivity index (χ2v) is 5.04. The lowest BCUT2D eigenvalue weighted by atomic mass is 10.1. The van der Waals surface area contributed by atoms with Crippen molar-refractivity contribution in [2.75, 3.05) is 5.32 Å². The third-order valence-corrected chi connectivity index (χ3v) is 3.25. The van der Waals surface area contributed by atoms with Gasteiger partial charge in [0.2, 0.25) is 0 Å². The van der Waals surface area contributed by atoms with Gasteiger partial charge < -0.3 is 9.73 Å². The van der Waals surface area contributed by atoms with Crippen LogP contribution in [0, 0.1) is 13.8 Å². The van der Waals surface area contributed by atoms with E-state index in [9.17, 15) is 4.79 Å². The lowest BCUT2D eigenvalue weighted by molar-refractivity contribution is 0.102. The number of aryl methyl sites for hydroxylation is 2. The van der Waals surface area contributed by atoms with Gasteiger partial charge in [0.05, 0.1) is 0 Å². The fraction of sp³-hybridized carbons (Fsp3) is 0.118. The maximum Gasteiger partial charge on any atom is 0.278 e. The SMILES string of the molecule is Cc1ccc(-c2ocnc2C(=O)Nc2ccnc(C)c2)cc1. The van der Waals surface area contributed by atoms with E-state index in [2.05, 4.69) is 15.3 Å². The Kier molecular flexibility index (Phi) is 3.70. The third kappa shape index (κ3) is 2.88. The molecule has 0 aliphatic carbocycles. The van der Waals surface area contributed by atoms with Crippen LogP contribution in [0.4, 0.5) is 5.69 Å². The van der Waals surface area contributed by atoms with Crippen molar-refractivity contribution in [2.24, 2.45) is 0 Å². The number of benzene rings is 1. The standard InChI is InChI=1S/C17H15N3O2/c1-11-3-5-13(6-4-11)16-15(19-10-22-16)17(21)20-14-7-8-18-12(2)9-14/h3-10H,1-2H3,(H,18,20,21). The number of aromatic nitrogens is 2. The summed E-state index contributed by atoms with van der Waals surface area (Å²) in [5.41, 5.74) is 3.73. The van der Waals surface area contributed by atoms with E-state index >= 15 is 0 Å². The molecule has 3 rings (SSSR count). The molecule has 0 unspecified atom stereocenters. The van der Waals surface area contributed by atoms with Gasteiger partial charge in [-0.2, -0.15) is 0 Å². The topological polar surface area (TPSA) is 68.0 Å². The van der Waals surface area contributed by atoms with E-state index in [1.165, 1.54) is 6.39 Å². The van der Waals surface area contributed by atoms with Gasteiger partial charge in [-0.25, -0.2) is 4.98 Å². The van der Waals surface area contributed by atoms with Gasteiger partial charge >= 0.3 is 0 Å². The van der Waals surface area contributed by atoms with Crippen molar-refractivity contribution < 1.29 is 9.21 Å². The minimum atomic E-state index is -0.310. The van der Waals surface area contributed by atoms with Crippen molar-refractivity contribution in [2.45, 2.75) is 13.8 Å². The predicted octanol–water partition coefficient (Wildman–Crippen LogP) is 3.61. The average molecular weight is 293 g/mol. The van der Waals surface area contributed by atoms with Gasteiger partial charge in [-0.1, -0.05) is 29.8 Å².